The van der Waals surface area contributed by atoms with E-state index in [1.165, 1.54) is 6.61 Å². The standard InChI is InChI=1S/C15H21O4/c1-11-7-6-8-12(2)13(11)14(16)19-18-10-9-15(3,4)17-5/h6-8,10H,9H2,1-5H3. The summed E-state index contributed by atoms with van der Waals surface area (Å²) in [5, 5.41) is 0. The maximum absolute atomic E-state index is 11.9. The molecule has 0 aliphatic heterocycles. The van der Waals surface area contributed by atoms with E-state index in [1.807, 2.05) is 45.9 Å². The molecule has 4 nitrogen and oxygen atoms in total. The Kier molecular flexibility index (Phi) is 5.51. The molecule has 0 amide bonds. The molecule has 19 heavy (non-hydrogen) atoms. The second kappa shape index (κ2) is 6.68. The highest BCUT2D eigenvalue weighted by atomic mass is 17.2. The fourth-order valence-electron chi connectivity index (χ4n) is 1.57. The first kappa shape index (κ1) is 15.7. The van der Waals surface area contributed by atoms with E-state index < -0.39 is 5.97 Å². The van der Waals surface area contributed by atoms with E-state index in [4.69, 9.17) is 14.5 Å². The second-order valence-electron chi connectivity index (χ2n) is 5.07. The summed E-state index contributed by atoms with van der Waals surface area (Å²) in [6.45, 7) is 8.98. The van der Waals surface area contributed by atoms with Gasteiger partial charge >= 0.3 is 5.97 Å². The van der Waals surface area contributed by atoms with Crippen molar-refractivity contribution in [3.05, 3.63) is 41.5 Å². The van der Waals surface area contributed by atoms with Crippen LogP contribution in [-0.4, -0.2) is 18.7 Å². The third-order valence-electron chi connectivity index (χ3n) is 3.00. The first-order chi connectivity index (χ1) is 8.87. The van der Waals surface area contributed by atoms with Crippen LogP contribution in [0.15, 0.2) is 18.2 Å². The zero-order chi connectivity index (χ0) is 14.5. The largest absolute Gasteiger partial charge is 0.379 e. The van der Waals surface area contributed by atoms with Crippen molar-refractivity contribution in [2.45, 2.75) is 39.7 Å². The number of ether oxygens (including phenoxy) is 1. The molecule has 0 saturated heterocycles. The molecule has 105 valence electrons. The van der Waals surface area contributed by atoms with Crippen LogP contribution in [0.25, 0.3) is 0 Å². The number of rotatable bonds is 6. The molecule has 1 radical (unpaired) electrons. The summed E-state index contributed by atoms with van der Waals surface area (Å²) in [5.41, 5.74) is 1.93. The first-order valence-corrected chi connectivity index (χ1v) is 6.18. The highest BCUT2D eigenvalue weighted by Gasteiger charge is 2.18. The van der Waals surface area contributed by atoms with Crippen LogP contribution in [-0.2, 0) is 14.5 Å². The summed E-state index contributed by atoms with van der Waals surface area (Å²) in [6.07, 6.45) is 0.517. The van der Waals surface area contributed by atoms with Gasteiger partial charge in [0.1, 0.15) is 6.61 Å². The van der Waals surface area contributed by atoms with Crippen LogP contribution in [0.1, 0.15) is 41.8 Å². The Morgan fingerprint density at radius 1 is 1.26 bits per heavy atom. The van der Waals surface area contributed by atoms with Gasteiger partial charge in [-0.15, -0.1) is 0 Å². The Morgan fingerprint density at radius 3 is 2.37 bits per heavy atom. The van der Waals surface area contributed by atoms with E-state index in [1.54, 1.807) is 7.11 Å². The lowest BCUT2D eigenvalue weighted by Crippen LogP contribution is -2.23. The summed E-state index contributed by atoms with van der Waals surface area (Å²) in [4.78, 5) is 21.5. The minimum absolute atomic E-state index is 0.342. The van der Waals surface area contributed by atoms with Crippen molar-refractivity contribution in [3.63, 3.8) is 0 Å². The second-order valence-corrected chi connectivity index (χ2v) is 5.07. The van der Waals surface area contributed by atoms with E-state index in [0.717, 1.165) is 11.1 Å². The van der Waals surface area contributed by atoms with Gasteiger partial charge in [-0.3, -0.25) is 4.89 Å². The van der Waals surface area contributed by atoms with E-state index in [9.17, 15) is 4.79 Å². The Labute approximate surface area is 114 Å². The fraction of sp³-hybridized carbons (Fsp3) is 0.467. The van der Waals surface area contributed by atoms with Gasteiger partial charge in [-0.2, -0.15) is 4.89 Å². The lowest BCUT2D eigenvalue weighted by atomic mass is 10.0. The number of hydrogen-bond acceptors (Lipinski definition) is 4. The molecular weight excluding hydrogens is 244 g/mol. The van der Waals surface area contributed by atoms with Gasteiger partial charge in [0.25, 0.3) is 0 Å². The van der Waals surface area contributed by atoms with Gasteiger partial charge in [-0.1, -0.05) is 18.2 Å². The maximum atomic E-state index is 11.9. The zero-order valence-corrected chi connectivity index (χ0v) is 12.1. The number of aryl methyl sites for hydroxylation is 2. The summed E-state index contributed by atoms with van der Waals surface area (Å²) < 4.78 is 5.22. The molecule has 0 aromatic heterocycles. The number of methoxy groups -OCH3 is 1. The van der Waals surface area contributed by atoms with Crippen molar-refractivity contribution in [1.82, 2.24) is 0 Å². The third kappa shape index (κ3) is 4.65. The van der Waals surface area contributed by atoms with Gasteiger partial charge in [0.2, 0.25) is 0 Å². The number of carbonyl (C=O) groups excluding carboxylic acids is 1. The third-order valence-corrected chi connectivity index (χ3v) is 3.00. The minimum Gasteiger partial charge on any atom is -0.379 e. The maximum Gasteiger partial charge on any atom is 0.373 e. The van der Waals surface area contributed by atoms with E-state index in [2.05, 4.69) is 0 Å². The number of hydrogen-bond donors (Lipinski definition) is 0. The number of benzene rings is 1. The molecule has 0 N–H and O–H groups in total. The van der Waals surface area contributed by atoms with Gasteiger partial charge < -0.3 is 4.74 Å². The Bertz CT molecular complexity index is 418. The summed E-state index contributed by atoms with van der Waals surface area (Å²) >= 11 is 0. The average Bonchev–Trinajstić information content (AvgIpc) is 2.34. The minimum atomic E-state index is -0.484. The Hall–Kier alpha value is -1.39. The highest BCUT2D eigenvalue weighted by molar-refractivity contribution is 5.92. The van der Waals surface area contributed by atoms with Gasteiger partial charge in [0.05, 0.1) is 11.2 Å². The van der Waals surface area contributed by atoms with Crippen molar-refractivity contribution in [3.8, 4) is 0 Å². The van der Waals surface area contributed by atoms with Gasteiger partial charge in [-0.25, -0.2) is 4.79 Å². The van der Waals surface area contributed by atoms with Crippen LogP contribution < -0.4 is 0 Å². The Morgan fingerprint density at radius 2 is 1.84 bits per heavy atom. The average molecular weight is 265 g/mol. The molecule has 0 heterocycles. The van der Waals surface area contributed by atoms with Crippen molar-refractivity contribution < 1.29 is 19.3 Å². The molecule has 0 saturated carbocycles. The Balaban J connectivity index is 2.49. The highest BCUT2D eigenvalue weighted by Crippen LogP contribution is 2.17. The molecule has 0 fully saturated rings. The summed E-state index contributed by atoms with van der Waals surface area (Å²) in [7, 11) is 1.62. The molecule has 1 aromatic carbocycles. The predicted octanol–water partition coefficient (Wildman–Crippen LogP) is 3.37. The van der Waals surface area contributed by atoms with E-state index >= 15 is 0 Å². The molecule has 1 rings (SSSR count). The molecule has 0 spiro atoms. The van der Waals surface area contributed by atoms with Crippen molar-refractivity contribution in [1.29, 1.82) is 0 Å². The topological polar surface area (TPSA) is 44.8 Å². The lowest BCUT2D eigenvalue weighted by molar-refractivity contribution is -0.218. The summed E-state index contributed by atoms with van der Waals surface area (Å²) in [6, 6.07) is 5.62. The monoisotopic (exact) mass is 265 g/mol. The smallest absolute Gasteiger partial charge is 0.373 e. The molecule has 0 unspecified atom stereocenters. The van der Waals surface area contributed by atoms with Gasteiger partial charge in [0.15, 0.2) is 0 Å². The summed E-state index contributed by atoms with van der Waals surface area (Å²) in [5.74, 6) is -0.484. The van der Waals surface area contributed by atoms with Crippen LogP contribution in [0, 0.1) is 20.5 Å². The normalized spacial score (nSPS) is 11.4. The van der Waals surface area contributed by atoms with Crippen LogP contribution in [0.2, 0.25) is 0 Å². The van der Waals surface area contributed by atoms with Crippen LogP contribution in [0.4, 0.5) is 0 Å². The zero-order valence-electron chi connectivity index (χ0n) is 12.1. The van der Waals surface area contributed by atoms with Crippen molar-refractivity contribution in [2.24, 2.45) is 0 Å². The van der Waals surface area contributed by atoms with Gasteiger partial charge in [0, 0.05) is 13.5 Å². The molecule has 0 bridgehead atoms. The molecule has 0 atom stereocenters. The van der Waals surface area contributed by atoms with Crippen LogP contribution in [0.3, 0.4) is 0 Å². The quantitative estimate of drug-likeness (QED) is 0.449. The number of carbonyl (C=O) groups is 1. The SMILES string of the molecule is COC(C)(C)C[CH]OOC(=O)c1c(C)cccc1C. The van der Waals surface area contributed by atoms with Crippen LogP contribution in [0.5, 0.6) is 0 Å². The van der Waals surface area contributed by atoms with Gasteiger partial charge in [-0.05, 0) is 38.8 Å². The fourth-order valence-corrected chi connectivity index (χ4v) is 1.57. The molecular formula is C15H21O4. The van der Waals surface area contributed by atoms with E-state index in [0.29, 0.717) is 12.0 Å². The van der Waals surface area contributed by atoms with Crippen molar-refractivity contribution >= 4 is 5.97 Å². The van der Waals surface area contributed by atoms with Crippen molar-refractivity contribution in [2.75, 3.05) is 7.11 Å². The molecule has 1 aromatic rings. The molecule has 0 aliphatic rings. The lowest BCUT2D eigenvalue weighted by Gasteiger charge is -2.21. The molecule has 0 aliphatic carbocycles. The molecule has 4 heteroatoms. The predicted molar refractivity (Wildman–Crippen MR) is 72.4 cm³/mol. The first-order valence-electron chi connectivity index (χ1n) is 6.18. The van der Waals surface area contributed by atoms with E-state index in [-0.39, 0.29) is 5.60 Å². The van der Waals surface area contributed by atoms with Crippen LogP contribution >= 0.6 is 0 Å².